The Balaban J connectivity index is 5.11. The molecule has 0 aliphatic carbocycles. The van der Waals surface area contributed by atoms with E-state index >= 15 is 0 Å². The monoisotopic (exact) mass is 320 g/mol. The second kappa shape index (κ2) is 5.06. The van der Waals surface area contributed by atoms with Crippen molar-refractivity contribution < 1.29 is 27.0 Å². The highest BCUT2D eigenvalue weighted by atomic mass is 35.6. The highest BCUT2D eigenvalue weighted by molar-refractivity contribution is 7.86. The molecular formula is C4H8Cl3O6PS. The number of hydrogen-bond acceptors (Lipinski definition) is 4. The van der Waals surface area contributed by atoms with Gasteiger partial charge in [-0.1, -0.05) is 34.8 Å². The van der Waals surface area contributed by atoms with Gasteiger partial charge in [0.1, 0.15) is 0 Å². The third-order valence-corrected chi connectivity index (χ3v) is 4.67. The van der Waals surface area contributed by atoms with Crippen LogP contribution in [0.2, 0.25) is 0 Å². The highest BCUT2D eigenvalue weighted by Gasteiger charge is 2.48. The summed E-state index contributed by atoms with van der Waals surface area (Å²) >= 11 is 15.6. The molecule has 0 rings (SSSR count). The second-order valence-corrected chi connectivity index (χ2v) is 8.33. The standard InChI is InChI=1S/C4H8Cl3O6PS/c1-2-15(11,12)13-3(4(5,6)7)14(8,9)10/h3H,2H2,1H3,(H2,8,9,10). The maximum atomic E-state index is 11.0. The minimum Gasteiger partial charge on any atom is -0.322 e. The molecular weight excluding hydrogens is 313 g/mol. The zero-order valence-corrected chi connectivity index (χ0v) is 11.3. The van der Waals surface area contributed by atoms with E-state index in [1.165, 1.54) is 6.92 Å². The first-order valence-corrected chi connectivity index (χ1v) is 7.82. The van der Waals surface area contributed by atoms with Gasteiger partial charge in [-0.25, -0.2) is 4.18 Å². The molecule has 0 saturated heterocycles. The normalized spacial score (nSPS) is 16.4. The first kappa shape index (κ1) is 15.9. The Labute approximate surface area is 102 Å². The Hall–Kier alpha value is 0.930. The van der Waals surface area contributed by atoms with Crippen LogP contribution in [-0.2, 0) is 18.9 Å². The lowest BCUT2D eigenvalue weighted by atomic mass is 10.8. The summed E-state index contributed by atoms with van der Waals surface area (Å²) in [4.78, 5) is 17.5. The van der Waals surface area contributed by atoms with E-state index in [0.717, 1.165) is 0 Å². The van der Waals surface area contributed by atoms with E-state index in [2.05, 4.69) is 4.18 Å². The van der Waals surface area contributed by atoms with Gasteiger partial charge in [-0.2, -0.15) is 8.42 Å². The molecule has 11 heteroatoms. The Bertz CT molecular complexity index is 355. The van der Waals surface area contributed by atoms with Crippen LogP contribution in [-0.4, -0.2) is 33.6 Å². The number of rotatable bonds is 4. The Morgan fingerprint density at radius 2 is 1.80 bits per heavy atom. The van der Waals surface area contributed by atoms with Crippen molar-refractivity contribution in [2.24, 2.45) is 0 Å². The fraction of sp³-hybridized carbons (Fsp3) is 1.00. The summed E-state index contributed by atoms with van der Waals surface area (Å²) in [6, 6.07) is 0. The zero-order chi connectivity index (χ0) is 12.5. The smallest absolute Gasteiger partial charge is 0.322 e. The van der Waals surface area contributed by atoms with Crippen LogP contribution >= 0.6 is 42.4 Å². The summed E-state index contributed by atoms with van der Waals surface area (Å²) in [5, 5.41) is 0. The van der Waals surface area contributed by atoms with E-state index in [4.69, 9.17) is 44.6 Å². The lowest BCUT2D eigenvalue weighted by molar-refractivity contribution is 0.231. The van der Waals surface area contributed by atoms with E-state index in [1.54, 1.807) is 0 Å². The SMILES string of the molecule is CCS(=O)(=O)OC(C(Cl)(Cl)Cl)P(=O)(O)O. The highest BCUT2D eigenvalue weighted by Crippen LogP contribution is 2.53. The van der Waals surface area contributed by atoms with E-state index in [1.807, 2.05) is 0 Å². The van der Waals surface area contributed by atoms with Crippen LogP contribution in [0.25, 0.3) is 0 Å². The van der Waals surface area contributed by atoms with Crippen molar-refractivity contribution in [2.75, 3.05) is 5.75 Å². The number of alkyl halides is 3. The van der Waals surface area contributed by atoms with Crippen molar-refractivity contribution in [1.29, 1.82) is 0 Å². The summed E-state index contributed by atoms with van der Waals surface area (Å²) in [5.74, 6) is -2.84. The summed E-state index contributed by atoms with van der Waals surface area (Å²) in [6.07, 6.45) is 0. The van der Waals surface area contributed by atoms with Gasteiger partial charge < -0.3 is 9.79 Å². The molecule has 0 radical (unpaired) electrons. The molecule has 0 aromatic carbocycles. The van der Waals surface area contributed by atoms with Gasteiger partial charge in [0.05, 0.1) is 5.75 Å². The molecule has 0 aliphatic rings. The minimum absolute atomic E-state index is 0.496. The minimum atomic E-state index is -5.00. The lowest BCUT2D eigenvalue weighted by Crippen LogP contribution is -2.31. The third kappa shape index (κ3) is 5.70. The van der Waals surface area contributed by atoms with Gasteiger partial charge >= 0.3 is 7.60 Å². The van der Waals surface area contributed by atoms with Crippen molar-refractivity contribution in [1.82, 2.24) is 0 Å². The van der Waals surface area contributed by atoms with Crippen molar-refractivity contribution in [3.63, 3.8) is 0 Å². The number of halogens is 3. The fourth-order valence-electron chi connectivity index (χ4n) is 0.508. The third-order valence-electron chi connectivity index (χ3n) is 1.18. The summed E-state index contributed by atoms with van der Waals surface area (Å²) in [7, 11) is -9.13. The summed E-state index contributed by atoms with van der Waals surface area (Å²) < 4.78 is 34.3. The van der Waals surface area contributed by atoms with E-state index < -0.39 is 33.1 Å². The van der Waals surface area contributed by atoms with Crippen molar-refractivity contribution in [2.45, 2.75) is 16.6 Å². The average molecular weight is 322 g/mol. The van der Waals surface area contributed by atoms with Crippen molar-refractivity contribution in [3.8, 4) is 0 Å². The van der Waals surface area contributed by atoms with Crippen LogP contribution in [0.1, 0.15) is 6.92 Å². The van der Waals surface area contributed by atoms with Gasteiger partial charge in [-0.15, -0.1) is 0 Å². The van der Waals surface area contributed by atoms with Crippen LogP contribution in [0.3, 0.4) is 0 Å². The first-order chi connectivity index (χ1) is 6.40. The van der Waals surface area contributed by atoms with E-state index in [-0.39, 0.29) is 0 Å². The Morgan fingerprint density at radius 1 is 1.40 bits per heavy atom. The molecule has 0 aromatic heterocycles. The molecule has 15 heavy (non-hydrogen) atoms. The van der Waals surface area contributed by atoms with Gasteiger partial charge in [-0.3, -0.25) is 4.57 Å². The van der Waals surface area contributed by atoms with Gasteiger partial charge in [0.15, 0.2) is 0 Å². The molecule has 1 unspecified atom stereocenters. The van der Waals surface area contributed by atoms with E-state index in [9.17, 15) is 13.0 Å². The molecule has 0 saturated carbocycles. The van der Waals surface area contributed by atoms with Crippen LogP contribution < -0.4 is 0 Å². The van der Waals surface area contributed by atoms with Crippen LogP contribution in [0, 0.1) is 0 Å². The zero-order valence-electron chi connectivity index (χ0n) is 7.30. The van der Waals surface area contributed by atoms with Gasteiger partial charge in [-0.05, 0) is 6.92 Å². The molecule has 1 atom stereocenters. The quantitative estimate of drug-likeness (QED) is 0.459. The van der Waals surface area contributed by atoms with E-state index in [0.29, 0.717) is 0 Å². The molecule has 0 spiro atoms. The largest absolute Gasteiger partial charge is 0.360 e. The van der Waals surface area contributed by atoms with Crippen LogP contribution in [0.5, 0.6) is 0 Å². The van der Waals surface area contributed by atoms with Gasteiger partial charge in [0.25, 0.3) is 10.1 Å². The van der Waals surface area contributed by atoms with Crippen LogP contribution in [0.4, 0.5) is 0 Å². The van der Waals surface area contributed by atoms with Gasteiger partial charge in [0.2, 0.25) is 9.64 Å². The topological polar surface area (TPSA) is 101 Å². The first-order valence-electron chi connectivity index (χ1n) is 3.43. The Kier molecular flexibility index (Phi) is 5.37. The van der Waals surface area contributed by atoms with Gasteiger partial charge in [0, 0.05) is 0 Å². The molecule has 0 aliphatic heterocycles. The maximum absolute atomic E-state index is 11.0. The fourth-order valence-corrected chi connectivity index (χ4v) is 3.73. The number of hydrogen-bond donors (Lipinski definition) is 2. The summed E-state index contributed by atoms with van der Waals surface area (Å²) in [6.45, 7) is 1.21. The Morgan fingerprint density at radius 3 is 2.00 bits per heavy atom. The van der Waals surface area contributed by atoms with Crippen LogP contribution in [0.15, 0.2) is 0 Å². The van der Waals surface area contributed by atoms with Crippen molar-refractivity contribution in [3.05, 3.63) is 0 Å². The predicted octanol–water partition coefficient (Wildman–Crippen LogP) is 1.23. The maximum Gasteiger partial charge on any atom is 0.360 e. The molecule has 0 aromatic rings. The molecule has 0 bridgehead atoms. The molecule has 2 N–H and O–H groups in total. The molecule has 0 fully saturated rings. The summed E-state index contributed by atoms with van der Waals surface area (Å²) in [5.41, 5.74) is 0. The second-order valence-electron chi connectivity index (χ2n) is 2.43. The average Bonchev–Trinajstić information content (AvgIpc) is 1.96. The van der Waals surface area contributed by atoms with Crippen molar-refractivity contribution >= 4 is 52.5 Å². The molecule has 6 nitrogen and oxygen atoms in total. The predicted molar refractivity (Wildman–Crippen MR) is 56.7 cm³/mol. The lowest BCUT2D eigenvalue weighted by Gasteiger charge is -2.24. The molecule has 0 amide bonds. The molecule has 0 heterocycles. The molecule has 92 valence electrons.